The van der Waals surface area contributed by atoms with Gasteiger partial charge in [-0.25, -0.2) is 4.39 Å². The summed E-state index contributed by atoms with van der Waals surface area (Å²) in [6, 6.07) is 2.64. The fraction of sp³-hybridized carbons (Fsp3) is 0.538. The van der Waals surface area contributed by atoms with E-state index in [4.69, 9.17) is 9.47 Å². The van der Waals surface area contributed by atoms with Gasteiger partial charge in [0.05, 0.1) is 18.3 Å². The minimum absolute atomic E-state index is 0.00818. The molecule has 0 radical (unpaired) electrons. The maximum Gasteiger partial charge on any atom is 0.416 e. The lowest BCUT2D eigenvalue weighted by Crippen LogP contribution is -2.32. The van der Waals surface area contributed by atoms with E-state index < -0.39 is 17.6 Å². The molecule has 0 aromatic heterocycles. The molecule has 0 aliphatic rings. The molecule has 0 aliphatic heterocycles. The van der Waals surface area contributed by atoms with Crippen molar-refractivity contribution < 1.29 is 27.0 Å². The lowest BCUT2D eigenvalue weighted by atomic mass is 10.1. The molecule has 0 bridgehead atoms. The summed E-state index contributed by atoms with van der Waals surface area (Å²) in [4.78, 5) is 0. The van der Waals surface area contributed by atoms with E-state index in [-0.39, 0.29) is 18.2 Å². The van der Waals surface area contributed by atoms with Gasteiger partial charge in [0.15, 0.2) is 0 Å². The molecule has 0 saturated heterocycles. The van der Waals surface area contributed by atoms with Gasteiger partial charge in [-0.3, -0.25) is 0 Å². The number of rotatable bonds is 7. The van der Waals surface area contributed by atoms with Gasteiger partial charge in [-0.05, 0) is 17.7 Å². The molecule has 0 spiro atoms. The number of nitrogens with one attached hydrogen (secondary N) is 1. The summed E-state index contributed by atoms with van der Waals surface area (Å²) in [6.45, 7) is 0.636. The van der Waals surface area contributed by atoms with Gasteiger partial charge in [0.25, 0.3) is 0 Å². The van der Waals surface area contributed by atoms with Crippen molar-refractivity contribution >= 4 is 0 Å². The molecule has 1 rings (SSSR count). The van der Waals surface area contributed by atoms with Gasteiger partial charge in [0.1, 0.15) is 5.82 Å². The Labute approximate surface area is 114 Å². The monoisotopic (exact) mass is 295 g/mol. The van der Waals surface area contributed by atoms with Crippen LogP contribution >= 0.6 is 0 Å². The van der Waals surface area contributed by atoms with E-state index in [1.807, 2.05) is 0 Å². The van der Waals surface area contributed by atoms with Crippen molar-refractivity contribution in [2.75, 3.05) is 27.4 Å². The lowest BCUT2D eigenvalue weighted by molar-refractivity contribution is -0.138. The molecule has 1 N–H and O–H groups in total. The van der Waals surface area contributed by atoms with Crippen molar-refractivity contribution in [1.29, 1.82) is 0 Å². The van der Waals surface area contributed by atoms with Crippen molar-refractivity contribution in [3.63, 3.8) is 0 Å². The summed E-state index contributed by atoms with van der Waals surface area (Å²) in [5.74, 6) is -0.907. The normalized spacial score (nSPS) is 13.5. The van der Waals surface area contributed by atoms with E-state index in [0.717, 1.165) is 12.1 Å². The summed E-state index contributed by atoms with van der Waals surface area (Å²) in [7, 11) is 3.00. The summed E-state index contributed by atoms with van der Waals surface area (Å²) < 4.78 is 61.2. The Bertz CT molecular complexity index is 423. The number of halogens is 4. The summed E-state index contributed by atoms with van der Waals surface area (Å²) in [5, 5.41) is 2.84. The smallest absolute Gasteiger partial charge is 0.382 e. The van der Waals surface area contributed by atoms with Crippen molar-refractivity contribution in [2.45, 2.75) is 18.8 Å². The zero-order chi connectivity index (χ0) is 15.2. The quantitative estimate of drug-likeness (QED) is 0.784. The third-order valence-corrected chi connectivity index (χ3v) is 2.75. The first-order valence-corrected chi connectivity index (χ1v) is 5.96. The second-order valence-corrected chi connectivity index (χ2v) is 4.24. The highest BCUT2D eigenvalue weighted by molar-refractivity contribution is 5.30. The van der Waals surface area contributed by atoms with Gasteiger partial charge in [0, 0.05) is 27.3 Å². The van der Waals surface area contributed by atoms with Crippen LogP contribution in [0.2, 0.25) is 0 Å². The summed E-state index contributed by atoms with van der Waals surface area (Å²) in [5.41, 5.74) is -0.975. The number of ether oxygens (including phenoxy) is 2. The fourth-order valence-electron chi connectivity index (χ4n) is 1.73. The van der Waals surface area contributed by atoms with Crippen LogP contribution in [0.15, 0.2) is 18.2 Å². The molecule has 0 amide bonds. The molecule has 0 fully saturated rings. The molecule has 1 aromatic carbocycles. The standard InChI is InChI=1S/C13H17F4NO2/c1-19-8-11(20-2)7-18-6-9-3-4-10(14)5-12(9)13(15,16)17/h3-5,11,18H,6-8H2,1-2H3. The van der Waals surface area contributed by atoms with Gasteiger partial charge < -0.3 is 14.8 Å². The molecule has 3 nitrogen and oxygen atoms in total. The Kier molecular flexibility index (Phi) is 6.38. The van der Waals surface area contributed by atoms with Crippen LogP contribution in [0.25, 0.3) is 0 Å². The highest BCUT2D eigenvalue weighted by Gasteiger charge is 2.33. The zero-order valence-corrected chi connectivity index (χ0v) is 11.3. The van der Waals surface area contributed by atoms with Gasteiger partial charge >= 0.3 is 6.18 Å². The Morgan fingerprint density at radius 1 is 1.25 bits per heavy atom. The van der Waals surface area contributed by atoms with Crippen LogP contribution in [0.4, 0.5) is 17.6 Å². The highest BCUT2D eigenvalue weighted by Crippen LogP contribution is 2.32. The van der Waals surface area contributed by atoms with Gasteiger partial charge in [-0.15, -0.1) is 0 Å². The number of methoxy groups -OCH3 is 2. The summed E-state index contributed by atoms with van der Waals surface area (Å²) in [6.07, 6.45) is -4.83. The lowest BCUT2D eigenvalue weighted by Gasteiger charge is -2.17. The molecular formula is C13H17F4NO2. The largest absolute Gasteiger partial charge is 0.416 e. The van der Waals surface area contributed by atoms with E-state index in [2.05, 4.69) is 5.32 Å². The maximum absolute atomic E-state index is 12.9. The van der Waals surface area contributed by atoms with Crippen LogP contribution in [0.1, 0.15) is 11.1 Å². The maximum atomic E-state index is 12.9. The van der Waals surface area contributed by atoms with Crippen LogP contribution in [-0.4, -0.2) is 33.5 Å². The Balaban J connectivity index is 2.68. The molecule has 114 valence electrons. The van der Waals surface area contributed by atoms with Crippen molar-refractivity contribution in [3.8, 4) is 0 Å². The van der Waals surface area contributed by atoms with Crippen LogP contribution in [-0.2, 0) is 22.2 Å². The number of hydrogen-bond donors (Lipinski definition) is 1. The number of benzene rings is 1. The van der Waals surface area contributed by atoms with E-state index in [1.54, 1.807) is 0 Å². The molecular weight excluding hydrogens is 278 g/mol. The first kappa shape index (κ1) is 16.9. The first-order chi connectivity index (χ1) is 9.38. The van der Waals surface area contributed by atoms with Crippen molar-refractivity contribution in [3.05, 3.63) is 35.1 Å². The number of alkyl halides is 3. The second-order valence-electron chi connectivity index (χ2n) is 4.24. The van der Waals surface area contributed by atoms with Gasteiger partial charge in [0.2, 0.25) is 0 Å². The third-order valence-electron chi connectivity index (χ3n) is 2.75. The highest BCUT2D eigenvalue weighted by atomic mass is 19.4. The Morgan fingerprint density at radius 3 is 2.50 bits per heavy atom. The molecule has 1 aromatic rings. The van der Waals surface area contributed by atoms with Crippen molar-refractivity contribution in [2.24, 2.45) is 0 Å². The van der Waals surface area contributed by atoms with E-state index in [0.29, 0.717) is 19.2 Å². The zero-order valence-electron chi connectivity index (χ0n) is 11.3. The third kappa shape index (κ3) is 5.07. The number of hydrogen-bond acceptors (Lipinski definition) is 3. The molecule has 0 aliphatic carbocycles. The first-order valence-electron chi connectivity index (χ1n) is 5.96. The molecule has 0 saturated carbocycles. The van der Waals surface area contributed by atoms with Crippen LogP contribution < -0.4 is 5.32 Å². The van der Waals surface area contributed by atoms with Gasteiger partial charge in [-0.2, -0.15) is 13.2 Å². The predicted molar refractivity (Wildman–Crippen MR) is 65.8 cm³/mol. The van der Waals surface area contributed by atoms with Gasteiger partial charge in [-0.1, -0.05) is 6.07 Å². The topological polar surface area (TPSA) is 30.5 Å². The van der Waals surface area contributed by atoms with E-state index >= 15 is 0 Å². The minimum Gasteiger partial charge on any atom is -0.382 e. The van der Waals surface area contributed by atoms with Crippen LogP contribution in [0, 0.1) is 5.82 Å². The molecule has 20 heavy (non-hydrogen) atoms. The van der Waals surface area contributed by atoms with Crippen molar-refractivity contribution in [1.82, 2.24) is 5.32 Å². The fourth-order valence-corrected chi connectivity index (χ4v) is 1.73. The Hall–Kier alpha value is -1.18. The predicted octanol–water partition coefficient (Wildman–Crippen LogP) is 2.60. The van der Waals surface area contributed by atoms with E-state index in [1.165, 1.54) is 14.2 Å². The molecule has 7 heteroatoms. The average Bonchev–Trinajstić information content (AvgIpc) is 2.38. The molecule has 1 atom stereocenters. The van der Waals surface area contributed by atoms with Crippen LogP contribution in [0.3, 0.4) is 0 Å². The van der Waals surface area contributed by atoms with Crippen LogP contribution in [0.5, 0.6) is 0 Å². The average molecular weight is 295 g/mol. The summed E-state index contributed by atoms with van der Waals surface area (Å²) >= 11 is 0. The van der Waals surface area contributed by atoms with E-state index in [9.17, 15) is 17.6 Å². The molecule has 0 heterocycles. The SMILES string of the molecule is COCC(CNCc1ccc(F)cc1C(F)(F)F)OC. The minimum atomic E-state index is -4.58. The molecule has 1 unspecified atom stereocenters. The Morgan fingerprint density at radius 2 is 1.95 bits per heavy atom. The second kappa shape index (κ2) is 7.56.